The number of nitrogens with zero attached hydrogens (tertiary/aromatic N) is 1. The van der Waals surface area contributed by atoms with Gasteiger partial charge in [-0.3, -0.25) is 0 Å². The number of anilines is 1. The summed E-state index contributed by atoms with van der Waals surface area (Å²) in [6.45, 7) is 6.82. The van der Waals surface area contributed by atoms with Crippen LogP contribution in [0.15, 0.2) is 24.3 Å². The maximum Gasteiger partial charge on any atom is 0.0992 e. The van der Waals surface area contributed by atoms with E-state index < -0.39 is 0 Å². The molecule has 0 aromatic heterocycles. The monoisotopic (exact) mass is 232 g/mol. The highest BCUT2D eigenvalue weighted by Gasteiger charge is 2.16. The van der Waals surface area contributed by atoms with E-state index in [4.69, 9.17) is 5.26 Å². The van der Waals surface area contributed by atoms with Crippen molar-refractivity contribution in [3.05, 3.63) is 29.8 Å². The fraction of sp³-hybridized carbons (Fsp3) is 0.500. The van der Waals surface area contributed by atoms with Crippen molar-refractivity contribution in [1.82, 2.24) is 0 Å². The Morgan fingerprint density at radius 3 is 2.71 bits per heavy atom. The molecule has 0 aliphatic heterocycles. The fourth-order valence-corrected chi connectivity index (χ4v) is 1.71. The van der Waals surface area contributed by atoms with Crippen LogP contribution in [0.2, 0.25) is 0 Å². The molecule has 3 nitrogen and oxygen atoms in total. The zero-order valence-corrected chi connectivity index (χ0v) is 10.7. The first-order valence-corrected chi connectivity index (χ1v) is 5.83. The van der Waals surface area contributed by atoms with Crippen LogP contribution in [-0.2, 0) is 0 Å². The molecule has 2 N–H and O–H groups in total. The van der Waals surface area contributed by atoms with E-state index in [9.17, 15) is 5.11 Å². The van der Waals surface area contributed by atoms with Gasteiger partial charge < -0.3 is 10.4 Å². The van der Waals surface area contributed by atoms with Crippen LogP contribution in [0.4, 0.5) is 5.69 Å². The molecule has 0 aliphatic rings. The van der Waals surface area contributed by atoms with Crippen LogP contribution in [0.5, 0.6) is 0 Å². The van der Waals surface area contributed by atoms with Gasteiger partial charge in [0.2, 0.25) is 0 Å². The van der Waals surface area contributed by atoms with E-state index in [1.54, 1.807) is 12.1 Å². The minimum Gasteiger partial charge on any atom is -0.391 e. The molecule has 0 heterocycles. The van der Waals surface area contributed by atoms with Gasteiger partial charge >= 0.3 is 0 Å². The number of hydrogen-bond donors (Lipinski definition) is 2. The standard InChI is InChI=1S/C14H20N2O/c1-14(2,3)8-13(17)10-16-12-6-4-5-11(7-12)9-15/h4-7,13,16-17H,8,10H2,1-3H3. The minimum atomic E-state index is -0.374. The molecular weight excluding hydrogens is 212 g/mol. The Morgan fingerprint density at radius 1 is 1.41 bits per heavy atom. The van der Waals surface area contributed by atoms with Gasteiger partial charge in [0.15, 0.2) is 0 Å². The first-order valence-electron chi connectivity index (χ1n) is 5.83. The number of nitrogens with one attached hydrogen (secondary N) is 1. The van der Waals surface area contributed by atoms with Gasteiger partial charge in [0.1, 0.15) is 0 Å². The van der Waals surface area contributed by atoms with E-state index in [1.165, 1.54) is 0 Å². The molecule has 0 saturated heterocycles. The Balaban J connectivity index is 2.48. The molecule has 92 valence electrons. The molecule has 1 unspecified atom stereocenters. The van der Waals surface area contributed by atoms with Crippen molar-refractivity contribution in [1.29, 1.82) is 5.26 Å². The van der Waals surface area contributed by atoms with Crippen LogP contribution < -0.4 is 5.32 Å². The van der Waals surface area contributed by atoms with Gasteiger partial charge in [-0.25, -0.2) is 0 Å². The van der Waals surface area contributed by atoms with E-state index in [0.29, 0.717) is 12.1 Å². The van der Waals surface area contributed by atoms with Gasteiger partial charge in [0, 0.05) is 12.2 Å². The molecule has 0 aliphatic carbocycles. The van der Waals surface area contributed by atoms with Gasteiger partial charge in [-0.1, -0.05) is 26.8 Å². The molecule has 1 aromatic rings. The van der Waals surface area contributed by atoms with Crippen molar-refractivity contribution in [2.24, 2.45) is 5.41 Å². The van der Waals surface area contributed by atoms with E-state index >= 15 is 0 Å². The van der Waals surface area contributed by atoms with Crippen LogP contribution in [0, 0.1) is 16.7 Å². The third kappa shape index (κ3) is 5.37. The Labute approximate surface area is 103 Å². The highest BCUT2D eigenvalue weighted by atomic mass is 16.3. The summed E-state index contributed by atoms with van der Waals surface area (Å²) >= 11 is 0. The van der Waals surface area contributed by atoms with Crippen LogP contribution in [0.25, 0.3) is 0 Å². The molecular formula is C14H20N2O. The van der Waals surface area contributed by atoms with Crippen molar-refractivity contribution in [3.63, 3.8) is 0 Å². The number of nitriles is 1. The Hall–Kier alpha value is -1.53. The van der Waals surface area contributed by atoms with Crippen LogP contribution >= 0.6 is 0 Å². The molecule has 1 aromatic carbocycles. The van der Waals surface area contributed by atoms with Gasteiger partial charge in [0.05, 0.1) is 17.7 Å². The summed E-state index contributed by atoms with van der Waals surface area (Å²) in [7, 11) is 0. The molecule has 0 radical (unpaired) electrons. The predicted octanol–water partition coefficient (Wildman–Crippen LogP) is 2.77. The molecule has 1 rings (SSSR count). The third-order valence-electron chi connectivity index (χ3n) is 2.38. The van der Waals surface area contributed by atoms with Gasteiger partial charge in [0.25, 0.3) is 0 Å². The summed E-state index contributed by atoms with van der Waals surface area (Å²) in [5.74, 6) is 0. The highest BCUT2D eigenvalue weighted by molar-refractivity contribution is 5.49. The Bertz CT molecular complexity index is 401. The summed E-state index contributed by atoms with van der Waals surface area (Å²) < 4.78 is 0. The lowest BCUT2D eigenvalue weighted by Crippen LogP contribution is -2.25. The van der Waals surface area contributed by atoms with Crippen molar-refractivity contribution in [2.45, 2.75) is 33.3 Å². The smallest absolute Gasteiger partial charge is 0.0992 e. The van der Waals surface area contributed by atoms with Gasteiger partial charge in [-0.15, -0.1) is 0 Å². The minimum absolute atomic E-state index is 0.121. The summed E-state index contributed by atoms with van der Waals surface area (Å²) in [6, 6.07) is 9.36. The first kappa shape index (κ1) is 13.5. The molecule has 3 heteroatoms. The van der Waals surface area contributed by atoms with Crippen molar-refractivity contribution in [3.8, 4) is 6.07 Å². The van der Waals surface area contributed by atoms with Crippen molar-refractivity contribution >= 4 is 5.69 Å². The molecule has 17 heavy (non-hydrogen) atoms. The highest BCUT2D eigenvalue weighted by Crippen LogP contribution is 2.21. The molecule has 0 amide bonds. The maximum absolute atomic E-state index is 9.85. The normalized spacial score (nSPS) is 12.9. The second kappa shape index (κ2) is 5.70. The predicted molar refractivity (Wildman–Crippen MR) is 69.7 cm³/mol. The van der Waals surface area contributed by atoms with E-state index in [0.717, 1.165) is 12.1 Å². The van der Waals surface area contributed by atoms with E-state index in [1.807, 2.05) is 12.1 Å². The largest absolute Gasteiger partial charge is 0.391 e. The average Bonchev–Trinajstić information content (AvgIpc) is 2.24. The number of rotatable bonds is 4. The topological polar surface area (TPSA) is 56.0 Å². The molecule has 0 bridgehead atoms. The second-order valence-electron chi connectivity index (χ2n) is 5.49. The van der Waals surface area contributed by atoms with Gasteiger partial charge in [-0.2, -0.15) is 5.26 Å². The molecule has 0 spiro atoms. The Morgan fingerprint density at radius 2 is 2.12 bits per heavy atom. The van der Waals surface area contributed by atoms with Crippen molar-refractivity contribution < 1.29 is 5.11 Å². The lowest BCUT2D eigenvalue weighted by Gasteiger charge is -2.22. The van der Waals surface area contributed by atoms with Crippen molar-refractivity contribution in [2.75, 3.05) is 11.9 Å². The summed E-state index contributed by atoms with van der Waals surface area (Å²) in [5.41, 5.74) is 1.62. The lowest BCUT2D eigenvalue weighted by atomic mass is 9.89. The summed E-state index contributed by atoms with van der Waals surface area (Å²) in [5, 5.41) is 21.8. The zero-order chi connectivity index (χ0) is 12.9. The van der Waals surface area contributed by atoms with Crippen LogP contribution in [-0.4, -0.2) is 17.8 Å². The SMILES string of the molecule is CC(C)(C)CC(O)CNc1cccc(C#N)c1. The van der Waals surface area contributed by atoms with Gasteiger partial charge in [-0.05, 0) is 30.0 Å². The number of hydrogen-bond acceptors (Lipinski definition) is 3. The van der Waals surface area contributed by atoms with E-state index in [2.05, 4.69) is 32.2 Å². The van der Waals surface area contributed by atoms with E-state index in [-0.39, 0.29) is 11.5 Å². The van der Waals surface area contributed by atoms with Crippen LogP contribution in [0.3, 0.4) is 0 Å². The molecule has 1 atom stereocenters. The number of aliphatic hydroxyl groups excluding tert-OH is 1. The second-order valence-corrected chi connectivity index (χ2v) is 5.49. The lowest BCUT2D eigenvalue weighted by molar-refractivity contribution is 0.132. The number of benzene rings is 1. The quantitative estimate of drug-likeness (QED) is 0.839. The molecule has 0 fully saturated rings. The zero-order valence-electron chi connectivity index (χ0n) is 10.7. The fourth-order valence-electron chi connectivity index (χ4n) is 1.71. The first-order chi connectivity index (χ1) is 7.90. The summed E-state index contributed by atoms with van der Waals surface area (Å²) in [6.07, 6.45) is 0.374. The number of aliphatic hydroxyl groups is 1. The summed E-state index contributed by atoms with van der Waals surface area (Å²) in [4.78, 5) is 0. The van der Waals surface area contributed by atoms with Crippen LogP contribution in [0.1, 0.15) is 32.8 Å². The third-order valence-corrected chi connectivity index (χ3v) is 2.38. The average molecular weight is 232 g/mol. The molecule has 0 saturated carbocycles. The Kier molecular flexibility index (Phi) is 4.53. The maximum atomic E-state index is 9.85.